The van der Waals surface area contributed by atoms with Crippen LogP contribution in [0.5, 0.6) is 17.2 Å². The molecule has 0 bridgehead atoms. The zero-order valence-electron chi connectivity index (χ0n) is 24.0. The lowest BCUT2D eigenvalue weighted by molar-refractivity contribution is -0.384. The van der Waals surface area contributed by atoms with E-state index in [0.29, 0.717) is 11.3 Å². The summed E-state index contributed by atoms with van der Waals surface area (Å²) >= 11 is 0. The highest BCUT2D eigenvalue weighted by molar-refractivity contribution is 5.93. The predicted octanol–water partition coefficient (Wildman–Crippen LogP) is 7.68. The van der Waals surface area contributed by atoms with E-state index in [0.717, 1.165) is 17.2 Å². The molecule has 4 rings (SSSR count). The van der Waals surface area contributed by atoms with Crippen molar-refractivity contribution in [2.24, 2.45) is 0 Å². The van der Waals surface area contributed by atoms with Crippen LogP contribution in [0.2, 0.25) is 0 Å². The minimum atomic E-state index is -0.721. The lowest BCUT2D eigenvalue weighted by Crippen LogP contribution is -2.22. The van der Waals surface area contributed by atoms with E-state index in [1.807, 2.05) is 60.7 Å². The van der Waals surface area contributed by atoms with Crippen LogP contribution >= 0.6 is 0 Å². The minimum absolute atomic E-state index is 0.00643. The summed E-state index contributed by atoms with van der Waals surface area (Å²) in [4.78, 5) is 36.3. The van der Waals surface area contributed by atoms with E-state index in [1.54, 1.807) is 45.0 Å². The second kappa shape index (κ2) is 14.0. The molecule has 0 saturated heterocycles. The molecule has 0 amide bonds. The van der Waals surface area contributed by atoms with Crippen molar-refractivity contribution in [3.63, 3.8) is 0 Å². The number of nitro benzene ring substituents is 1. The molecule has 0 radical (unpaired) electrons. The molecular weight excluding hydrogens is 550 g/mol. The summed E-state index contributed by atoms with van der Waals surface area (Å²) in [5.74, 6) is -0.860. The summed E-state index contributed by atoms with van der Waals surface area (Å²) in [7, 11) is 0. The van der Waals surface area contributed by atoms with Crippen molar-refractivity contribution in [1.29, 1.82) is 0 Å². The number of hydrogen-bond acceptors (Lipinski definition) is 8. The molecule has 4 aromatic carbocycles. The Morgan fingerprint density at radius 2 is 1.44 bits per heavy atom. The molecule has 0 unspecified atom stereocenters. The fourth-order valence-electron chi connectivity index (χ4n) is 3.86. The number of nitro groups is 1. The van der Waals surface area contributed by atoms with Crippen LogP contribution in [0.25, 0.3) is 6.08 Å². The maximum absolute atomic E-state index is 13.1. The van der Waals surface area contributed by atoms with Gasteiger partial charge >= 0.3 is 11.9 Å². The first kappa shape index (κ1) is 30.5. The van der Waals surface area contributed by atoms with Gasteiger partial charge < -0.3 is 18.9 Å². The molecule has 0 fully saturated rings. The number of non-ortho nitro benzene ring substituents is 1. The van der Waals surface area contributed by atoms with Gasteiger partial charge in [0, 0.05) is 12.1 Å². The van der Waals surface area contributed by atoms with Crippen LogP contribution in [0.15, 0.2) is 103 Å². The van der Waals surface area contributed by atoms with Crippen LogP contribution < -0.4 is 9.47 Å². The third-order valence-electron chi connectivity index (χ3n) is 5.85. The largest absolute Gasteiger partial charge is 0.485 e. The number of esters is 2. The second-order valence-electron chi connectivity index (χ2n) is 10.4. The predicted molar refractivity (Wildman–Crippen MR) is 161 cm³/mol. The van der Waals surface area contributed by atoms with E-state index in [-0.39, 0.29) is 36.0 Å². The Hall–Kier alpha value is -5.44. The summed E-state index contributed by atoms with van der Waals surface area (Å²) in [5, 5.41) is 11.6. The number of rotatable bonds is 11. The topological polar surface area (TPSA) is 114 Å². The Balaban J connectivity index is 1.66. The maximum Gasteiger partial charge on any atom is 0.342 e. The van der Waals surface area contributed by atoms with E-state index in [9.17, 15) is 19.7 Å². The Bertz CT molecular complexity index is 1610. The van der Waals surface area contributed by atoms with E-state index in [1.165, 1.54) is 18.2 Å². The van der Waals surface area contributed by atoms with Gasteiger partial charge in [0.15, 0.2) is 11.5 Å². The molecule has 0 aliphatic heterocycles. The summed E-state index contributed by atoms with van der Waals surface area (Å²) in [6.07, 6.45) is 2.83. The van der Waals surface area contributed by atoms with Crippen molar-refractivity contribution >= 4 is 23.7 Å². The maximum atomic E-state index is 13.1. The lowest BCUT2D eigenvalue weighted by Gasteiger charge is -2.18. The van der Waals surface area contributed by atoms with Gasteiger partial charge in [-0.2, -0.15) is 0 Å². The van der Waals surface area contributed by atoms with E-state index in [4.69, 9.17) is 18.9 Å². The van der Waals surface area contributed by atoms with Gasteiger partial charge in [-0.25, -0.2) is 9.59 Å². The third kappa shape index (κ3) is 9.29. The smallest absolute Gasteiger partial charge is 0.342 e. The van der Waals surface area contributed by atoms with Gasteiger partial charge in [-0.1, -0.05) is 66.7 Å². The van der Waals surface area contributed by atoms with Gasteiger partial charge in [0.2, 0.25) is 0 Å². The van der Waals surface area contributed by atoms with Crippen molar-refractivity contribution in [2.45, 2.75) is 39.6 Å². The number of benzene rings is 4. The van der Waals surface area contributed by atoms with Gasteiger partial charge in [0.1, 0.15) is 30.1 Å². The highest BCUT2D eigenvalue weighted by atomic mass is 16.6. The molecule has 43 heavy (non-hydrogen) atoms. The lowest BCUT2D eigenvalue weighted by atomic mass is 10.1. The van der Waals surface area contributed by atoms with Crippen LogP contribution in [0.3, 0.4) is 0 Å². The molecule has 4 aromatic rings. The standard InChI is InChI=1S/C34H31NO8/c1-34(2,3)43-32(36)19-15-24-14-18-29(40-22-25-10-6-4-7-11-25)31(20-24)42-30-21-27(35(38)39)16-17-28(30)33(37)41-23-26-12-8-5-9-13-26/h4-21H,22-23H2,1-3H3/b19-15+. The highest BCUT2D eigenvalue weighted by Crippen LogP contribution is 2.37. The Kier molecular flexibility index (Phi) is 9.90. The summed E-state index contributed by atoms with van der Waals surface area (Å²) in [6.45, 7) is 5.53. The van der Waals surface area contributed by atoms with Gasteiger partial charge in [-0.05, 0) is 61.7 Å². The van der Waals surface area contributed by atoms with Crippen LogP contribution in [-0.4, -0.2) is 22.5 Å². The molecule has 0 aliphatic rings. The van der Waals surface area contributed by atoms with Crippen molar-refractivity contribution in [1.82, 2.24) is 0 Å². The first-order valence-corrected chi connectivity index (χ1v) is 13.5. The molecule has 0 heterocycles. The summed E-state index contributed by atoms with van der Waals surface area (Å²) in [6, 6.07) is 27.2. The van der Waals surface area contributed by atoms with E-state index >= 15 is 0 Å². The van der Waals surface area contributed by atoms with E-state index < -0.39 is 22.5 Å². The van der Waals surface area contributed by atoms with Crippen molar-refractivity contribution in [3.05, 3.63) is 136 Å². The number of carbonyl (C=O) groups excluding carboxylic acids is 2. The molecule has 0 atom stereocenters. The number of hydrogen-bond donors (Lipinski definition) is 0. The second-order valence-corrected chi connectivity index (χ2v) is 10.4. The Morgan fingerprint density at radius 1 is 0.791 bits per heavy atom. The van der Waals surface area contributed by atoms with Crippen LogP contribution in [0.4, 0.5) is 5.69 Å². The number of carbonyl (C=O) groups is 2. The average Bonchev–Trinajstić information content (AvgIpc) is 2.98. The number of nitrogens with zero attached hydrogens (tertiary/aromatic N) is 1. The zero-order valence-corrected chi connectivity index (χ0v) is 24.0. The molecule has 9 heteroatoms. The van der Waals surface area contributed by atoms with Gasteiger partial charge in [-0.15, -0.1) is 0 Å². The molecule has 220 valence electrons. The monoisotopic (exact) mass is 581 g/mol. The summed E-state index contributed by atoms with van der Waals surface area (Å²) in [5.41, 5.74) is 1.31. The highest BCUT2D eigenvalue weighted by Gasteiger charge is 2.21. The van der Waals surface area contributed by atoms with Crippen molar-refractivity contribution in [2.75, 3.05) is 0 Å². The van der Waals surface area contributed by atoms with Crippen molar-refractivity contribution < 1.29 is 33.5 Å². The van der Waals surface area contributed by atoms with Gasteiger partial charge in [0.25, 0.3) is 5.69 Å². The molecule has 0 N–H and O–H groups in total. The van der Waals surface area contributed by atoms with Gasteiger partial charge in [0.05, 0.1) is 11.0 Å². The molecular formula is C34H31NO8. The van der Waals surface area contributed by atoms with Crippen LogP contribution in [-0.2, 0) is 27.5 Å². The first-order valence-electron chi connectivity index (χ1n) is 13.5. The minimum Gasteiger partial charge on any atom is -0.485 e. The van der Waals surface area contributed by atoms with E-state index in [2.05, 4.69) is 0 Å². The fourth-order valence-corrected chi connectivity index (χ4v) is 3.86. The number of ether oxygens (including phenoxy) is 4. The molecule has 0 saturated carbocycles. The third-order valence-corrected chi connectivity index (χ3v) is 5.85. The fraction of sp³-hybridized carbons (Fsp3) is 0.176. The molecule has 9 nitrogen and oxygen atoms in total. The average molecular weight is 582 g/mol. The molecule has 0 aliphatic carbocycles. The van der Waals surface area contributed by atoms with Gasteiger partial charge in [-0.3, -0.25) is 10.1 Å². The zero-order chi connectivity index (χ0) is 30.8. The Morgan fingerprint density at radius 3 is 2.07 bits per heavy atom. The molecule has 0 aromatic heterocycles. The van der Waals surface area contributed by atoms with Crippen LogP contribution in [0.1, 0.15) is 47.8 Å². The Labute approximate surface area is 249 Å². The quantitative estimate of drug-likeness (QED) is 0.0767. The van der Waals surface area contributed by atoms with Crippen LogP contribution in [0, 0.1) is 10.1 Å². The molecule has 0 spiro atoms. The first-order chi connectivity index (χ1) is 20.6. The SMILES string of the molecule is CC(C)(C)OC(=O)/C=C/c1ccc(OCc2ccccc2)c(Oc2cc([N+](=O)[O-])ccc2C(=O)OCc2ccccc2)c1. The summed E-state index contributed by atoms with van der Waals surface area (Å²) < 4.78 is 23.0. The normalized spacial score (nSPS) is 11.1. The van der Waals surface area contributed by atoms with Crippen molar-refractivity contribution in [3.8, 4) is 17.2 Å².